The monoisotopic (exact) mass is 472 g/mol. The molecule has 1 saturated heterocycles. The average molecular weight is 472 g/mol. The van der Waals surface area contributed by atoms with Gasteiger partial charge in [0.05, 0.1) is 0 Å². The molecule has 0 saturated carbocycles. The third-order valence-electron chi connectivity index (χ3n) is 3.05. The van der Waals surface area contributed by atoms with Gasteiger partial charge in [-0.25, -0.2) is 0 Å². The summed E-state index contributed by atoms with van der Waals surface area (Å²) in [5.74, 6) is 0. The van der Waals surface area contributed by atoms with Crippen molar-refractivity contribution in [3.63, 3.8) is 0 Å². The molecule has 0 aliphatic carbocycles. The van der Waals surface area contributed by atoms with Crippen LogP contribution in [0.25, 0.3) is 0 Å². The van der Waals surface area contributed by atoms with Crippen LogP contribution in [0.2, 0.25) is 0 Å². The predicted octanol–water partition coefficient (Wildman–Crippen LogP) is 4.61. The summed E-state index contributed by atoms with van der Waals surface area (Å²) in [5.41, 5.74) is 0. The van der Waals surface area contributed by atoms with Crippen LogP contribution in [0.5, 0.6) is 0 Å². The Morgan fingerprint density at radius 1 is 0.889 bits per heavy atom. The Morgan fingerprint density at radius 3 is 1.83 bits per heavy atom. The molecule has 0 aromatic carbocycles. The van der Waals surface area contributed by atoms with E-state index in [1.54, 1.807) is 0 Å². The third-order valence-corrected chi connectivity index (χ3v) is 11.1. The number of rotatable bonds is 12. The summed E-state index contributed by atoms with van der Waals surface area (Å²) in [4.78, 5) is 0. The molecular weight excluding hydrogens is 446 g/mol. The van der Waals surface area contributed by atoms with E-state index >= 15 is 0 Å². The van der Waals surface area contributed by atoms with Gasteiger partial charge in [-0.2, -0.15) is 0 Å². The summed E-state index contributed by atoms with van der Waals surface area (Å²) in [7, 11) is -2.98. The SMILES string of the molecule is CCCCCCCCCCCCOP1(=O)[O][Pb][O]1. The van der Waals surface area contributed by atoms with Gasteiger partial charge in [-0.15, -0.1) is 0 Å². The summed E-state index contributed by atoms with van der Waals surface area (Å²) in [6.45, 7) is 2.76. The topological polar surface area (TPSA) is 44.8 Å². The maximum atomic E-state index is 11.3. The number of unbranched alkanes of at least 4 members (excludes halogenated alkanes) is 9. The van der Waals surface area contributed by atoms with Gasteiger partial charge in [0.2, 0.25) is 0 Å². The van der Waals surface area contributed by atoms with Gasteiger partial charge >= 0.3 is 105 Å². The minimum absolute atomic E-state index is 0.511. The summed E-state index contributed by atoms with van der Waals surface area (Å²) >= 11 is -1.37. The molecule has 1 heterocycles. The summed E-state index contributed by atoms with van der Waals surface area (Å²) in [6, 6.07) is 0. The van der Waals surface area contributed by atoms with E-state index in [0.717, 1.165) is 12.8 Å². The molecule has 0 N–H and O–H groups in total. The third kappa shape index (κ3) is 8.25. The van der Waals surface area contributed by atoms with Crippen molar-refractivity contribution in [2.24, 2.45) is 0 Å². The zero-order valence-corrected chi connectivity index (χ0v) is 16.1. The minimum atomic E-state index is -2.98. The molecule has 0 aromatic rings. The van der Waals surface area contributed by atoms with Crippen LogP contribution in [0.4, 0.5) is 0 Å². The fourth-order valence-electron chi connectivity index (χ4n) is 1.92. The van der Waals surface area contributed by atoms with Gasteiger partial charge < -0.3 is 0 Å². The predicted molar refractivity (Wildman–Crippen MR) is 73.3 cm³/mol. The van der Waals surface area contributed by atoms with Crippen LogP contribution in [0.15, 0.2) is 0 Å². The number of hydrogen-bond donors (Lipinski definition) is 0. The first-order valence-corrected chi connectivity index (χ1v) is 11.8. The fourth-order valence-corrected chi connectivity index (χ4v) is 6.09. The van der Waals surface area contributed by atoms with Crippen molar-refractivity contribution >= 4 is 33.0 Å². The van der Waals surface area contributed by atoms with Gasteiger partial charge in [0.1, 0.15) is 0 Å². The first kappa shape index (κ1) is 17.1. The second-order valence-electron chi connectivity index (χ2n) is 4.73. The van der Waals surface area contributed by atoms with Gasteiger partial charge in [0.15, 0.2) is 0 Å². The zero-order valence-electron chi connectivity index (χ0n) is 11.4. The number of phosphoric acid groups is 1. The van der Waals surface area contributed by atoms with Crippen LogP contribution in [0, 0.1) is 0 Å². The molecule has 2 radical (unpaired) electrons. The van der Waals surface area contributed by atoms with E-state index in [4.69, 9.17) is 9.47 Å². The van der Waals surface area contributed by atoms with E-state index in [0.29, 0.717) is 6.61 Å². The van der Waals surface area contributed by atoms with Crippen molar-refractivity contribution in [2.75, 3.05) is 6.61 Å². The molecule has 0 bridgehead atoms. The summed E-state index contributed by atoms with van der Waals surface area (Å²) < 4.78 is 26.2. The van der Waals surface area contributed by atoms with Crippen molar-refractivity contribution in [1.29, 1.82) is 0 Å². The molecule has 1 aliphatic heterocycles. The van der Waals surface area contributed by atoms with Crippen LogP contribution in [0.1, 0.15) is 71.1 Å². The summed E-state index contributed by atoms with van der Waals surface area (Å²) in [6.07, 6.45) is 12.9. The van der Waals surface area contributed by atoms with E-state index in [9.17, 15) is 4.57 Å². The molecule has 1 rings (SSSR count). The number of hydrogen-bond acceptors (Lipinski definition) is 4. The molecule has 0 unspecified atom stereocenters. The van der Waals surface area contributed by atoms with Crippen LogP contribution < -0.4 is 0 Å². The van der Waals surface area contributed by atoms with Crippen LogP contribution in [-0.4, -0.2) is 31.7 Å². The molecule has 106 valence electrons. The molecule has 0 aromatic heterocycles. The second kappa shape index (κ2) is 10.8. The van der Waals surface area contributed by atoms with E-state index in [1.807, 2.05) is 0 Å². The van der Waals surface area contributed by atoms with Crippen molar-refractivity contribution in [3.8, 4) is 0 Å². The second-order valence-corrected chi connectivity index (χ2v) is 11.2. The van der Waals surface area contributed by atoms with Crippen LogP contribution >= 0.6 is 7.82 Å². The van der Waals surface area contributed by atoms with Gasteiger partial charge in [-0.05, 0) is 0 Å². The van der Waals surface area contributed by atoms with Gasteiger partial charge in [-0.3, -0.25) is 0 Å². The van der Waals surface area contributed by atoms with E-state index < -0.39 is 33.0 Å². The van der Waals surface area contributed by atoms with Crippen molar-refractivity contribution in [1.82, 2.24) is 0 Å². The molecular formula is C12H25O4PPb. The van der Waals surface area contributed by atoms with Crippen molar-refractivity contribution in [3.05, 3.63) is 0 Å². The van der Waals surface area contributed by atoms with Crippen LogP contribution in [-0.2, 0) is 14.0 Å². The molecule has 0 spiro atoms. The van der Waals surface area contributed by atoms with Gasteiger partial charge in [-0.1, -0.05) is 19.8 Å². The molecule has 18 heavy (non-hydrogen) atoms. The standard InChI is InChI=1S/C12H27O4P.Pb/c1-2-3-4-5-6-7-8-9-10-11-12-16-17(13,14)15;/h2-12H2,1H3,(H2,13,14,15);/q;+2/p-2. The van der Waals surface area contributed by atoms with Crippen LogP contribution in [0.3, 0.4) is 0 Å². The van der Waals surface area contributed by atoms with Crippen molar-refractivity contribution in [2.45, 2.75) is 71.1 Å². The molecule has 0 atom stereocenters. The Balaban J connectivity index is 1.72. The van der Waals surface area contributed by atoms with Crippen molar-refractivity contribution < 1.29 is 14.0 Å². The molecule has 0 amide bonds. The fraction of sp³-hybridized carbons (Fsp3) is 1.00. The quantitative estimate of drug-likeness (QED) is 0.237. The molecule has 1 fully saturated rings. The average Bonchev–Trinajstić information content (AvgIpc) is 2.34. The Morgan fingerprint density at radius 2 is 1.39 bits per heavy atom. The molecule has 1 aliphatic rings. The first-order chi connectivity index (χ1) is 8.77. The van der Waals surface area contributed by atoms with E-state index in [-0.39, 0.29) is 0 Å². The normalized spacial score (nSPS) is 17.6. The van der Waals surface area contributed by atoms with E-state index in [1.165, 1.54) is 51.4 Å². The van der Waals surface area contributed by atoms with Gasteiger partial charge in [0.25, 0.3) is 0 Å². The molecule has 6 heteroatoms. The Kier molecular flexibility index (Phi) is 10.2. The van der Waals surface area contributed by atoms with E-state index in [2.05, 4.69) is 6.92 Å². The Hall–Kier alpha value is 1.03. The van der Waals surface area contributed by atoms with Gasteiger partial charge in [0, 0.05) is 0 Å². The summed E-state index contributed by atoms with van der Waals surface area (Å²) in [5, 5.41) is 0. The first-order valence-electron chi connectivity index (χ1n) is 7.13. The Bertz CT molecular complexity index is 242. The molecule has 4 nitrogen and oxygen atoms in total. The Labute approximate surface area is 124 Å². The zero-order chi connectivity index (χ0) is 13.1. The maximum absolute atomic E-state index is 11.3.